The molecule has 3 aliphatic rings. The van der Waals surface area contributed by atoms with Crippen molar-refractivity contribution in [2.24, 2.45) is 11.8 Å². The molecule has 1 aromatic carbocycles. The Bertz CT molecular complexity index is 927. The average molecular weight is 415 g/mol. The summed E-state index contributed by atoms with van der Waals surface area (Å²) in [5.41, 5.74) is 1.02. The van der Waals surface area contributed by atoms with Crippen LogP contribution in [0.4, 0.5) is 10.5 Å². The van der Waals surface area contributed by atoms with Crippen LogP contribution >= 0.6 is 0 Å². The van der Waals surface area contributed by atoms with Gasteiger partial charge in [-0.3, -0.25) is 4.79 Å². The third kappa shape index (κ3) is 3.09. The molecule has 0 bridgehead atoms. The Morgan fingerprint density at radius 2 is 2.00 bits per heavy atom. The zero-order chi connectivity index (χ0) is 21.6. The molecular weight excluding hydrogens is 390 g/mol. The van der Waals surface area contributed by atoms with E-state index >= 15 is 0 Å². The van der Waals surface area contributed by atoms with Crippen molar-refractivity contribution in [3.63, 3.8) is 0 Å². The van der Waals surface area contributed by atoms with Crippen LogP contribution < -0.4 is 15.4 Å². The number of carbonyl (C=O) groups is 3. The Morgan fingerprint density at radius 3 is 2.67 bits per heavy atom. The number of carbonyl (C=O) groups excluding carboxylic acids is 2. The van der Waals surface area contributed by atoms with Gasteiger partial charge in [0.15, 0.2) is 0 Å². The van der Waals surface area contributed by atoms with Crippen molar-refractivity contribution in [3.05, 3.63) is 35.5 Å². The summed E-state index contributed by atoms with van der Waals surface area (Å²) in [4.78, 5) is 38.5. The van der Waals surface area contributed by atoms with Gasteiger partial charge in [0.2, 0.25) is 5.91 Å². The number of aliphatic carboxylic acids is 1. The minimum absolute atomic E-state index is 0.0470. The number of β-lactam (4-membered cyclic amide) rings is 1. The average Bonchev–Trinajstić information content (AvgIpc) is 2.99. The van der Waals surface area contributed by atoms with Crippen LogP contribution in [0.3, 0.4) is 0 Å². The van der Waals surface area contributed by atoms with E-state index < -0.39 is 30.1 Å². The summed E-state index contributed by atoms with van der Waals surface area (Å²) in [6.45, 7) is 1.55. The van der Waals surface area contributed by atoms with Crippen molar-refractivity contribution in [1.82, 2.24) is 10.2 Å². The fraction of sp³-hybridized carbons (Fsp3) is 0.476. The molecule has 2 fully saturated rings. The Labute approximate surface area is 173 Å². The number of hydrogen-bond donors (Lipinski definition) is 4. The zero-order valence-corrected chi connectivity index (χ0v) is 16.8. The topological polar surface area (TPSA) is 128 Å². The van der Waals surface area contributed by atoms with E-state index in [2.05, 4.69) is 10.6 Å². The van der Waals surface area contributed by atoms with Crippen LogP contribution in [0.25, 0.3) is 0 Å². The number of aliphatic hydroxyl groups is 1. The van der Waals surface area contributed by atoms with Gasteiger partial charge in [0.1, 0.15) is 11.4 Å². The highest BCUT2D eigenvalue weighted by Gasteiger charge is 2.62. The summed E-state index contributed by atoms with van der Waals surface area (Å²) in [5, 5.41) is 25.5. The monoisotopic (exact) mass is 415 g/mol. The zero-order valence-electron chi connectivity index (χ0n) is 16.8. The Hall–Kier alpha value is -3.07. The lowest BCUT2D eigenvalue weighted by Crippen LogP contribution is -2.64. The molecule has 9 heteroatoms. The van der Waals surface area contributed by atoms with Crippen LogP contribution in [0.5, 0.6) is 5.75 Å². The number of carboxylic acid groups (broad SMARTS) is 1. The molecule has 1 unspecified atom stereocenters. The number of methoxy groups -OCH3 is 1. The first kappa shape index (κ1) is 20.2. The number of nitrogens with zero attached hydrogens (tertiary/aromatic N) is 1. The third-order valence-corrected chi connectivity index (χ3v) is 6.28. The van der Waals surface area contributed by atoms with E-state index in [1.165, 1.54) is 12.0 Å². The van der Waals surface area contributed by atoms with Crippen molar-refractivity contribution in [2.75, 3.05) is 12.4 Å². The lowest BCUT2D eigenvalue weighted by Gasteiger charge is -2.47. The summed E-state index contributed by atoms with van der Waals surface area (Å²) >= 11 is 0. The normalized spacial score (nSPS) is 28.2. The molecule has 1 saturated heterocycles. The number of aliphatic hydroxyl groups excluding tert-OH is 1. The first-order chi connectivity index (χ1) is 14.3. The maximum Gasteiger partial charge on any atom is 0.352 e. The number of ether oxygens (including phenoxy) is 1. The number of anilines is 1. The number of nitrogens with one attached hydrogen (secondary N) is 2. The molecule has 0 spiro atoms. The Balaban J connectivity index is 1.59. The molecule has 5 atom stereocenters. The molecule has 160 valence electrons. The second kappa shape index (κ2) is 7.64. The van der Waals surface area contributed by atoms with E-state index in [9.17, 15) is 24.6 Å². The Kier molecular flexibility index (Phi) is 5.15. The SMILES string of the molecule is COc1ccccc1NC(=O)N[C@H]1CCC[C@H]2C1=C(C(=O)O)N1C(=O)[C@H](C(C)O)[C@@H]21. The highest BCUT2D eigenvalue weighted by molar-refractivity contribution is 6.00. The number of amides is 3. The molecule has 1 aliphatic carbocycles. The molecule has 2 aliphatic heterocycles. The molecule has 4 rings (SSSR count). The van der Waals surface area contributed by atoms with Crippen LogP contribution in [-0.2, 0) is 9.59 Å². The summed E-state index contributed by atoms with van der Waals surface area (Å²) in [6.07, 6.45) is 1.23. The minimum atomic E-state index is -1.19. The van der Waals surface area contributed by atoms with Gasteiger partial charge in [0.05, 0.1) is 36.9 Å². The van der Waals surface area contributed by atoms with Gasteiger partial charge in [-0.05, 0) is 37.5 Å². The second-order valence-electron chi connectivity index (χ2n) is 7.96. The fourth-order valence-electron chi connectivity index (χ4n) is 5.10. The number of rotatable bonds is 5. The van der Waals surface area contributed by atoms with Gasteiger partial charge in [0.25, 0.3) is 0 Å². The van der Waals surface area contributed by atoms with E-state index in [0.717, 1.165) is 12.8 Å². The van der Waals surface area contributed by atoms with Crippen LogP contribution in [0.15, 0.2) is 35.5 Å². The van der Waals surface area contributed by atoms with Gasteiger partial charge < -0.3 is 30.5 Å². The van der Waals surface area contributed by atoms with Crippen LogP contribution in [0.2, 0.25) is 0 Å². The minimum Gasteiger partial charge on any atom is -0.495 e. The van der Waals surface area contributed by atoms with Crippen molar-refractivity contribution in [2.45, 2.75) is 44.4 Å². The Morgan fingerprint density at radius 1 is 1.27 bits per heavy atom. The van der Waals surface area contributed by atoms with Crippen LogP contribution in [0.1, 0.15) is 26.2 Å². The van der Waals surface area contributed by atoms with Gasteiger partial charge in [0, 0.05) is 5.92 Å². The second-order valence-corrected chi connectivity index (χ2v) is 7.96. The number of benzene rings is 1. The van der Waals surface area contributed by atoms with Crippen molar-refractivity contribution >= 4 is 23.6 Å². The molecule has 0 aromatic heterocycles. The van der Waals surface area contributed by atoms with E-state index in [1.807, 2.05) is 0 Å². The maximum absolute atomic E-state index is 12.7. The first-order valence-electron chi connectivity index (χ1n) is 10.0. The quantitative estimate of drug-likeness (QED) is 0.540. The molecule has 30 heavy (non-hydrogen) atoms. The van der Waals surface area contributed by atoms with Crippen molar-refractivity contribution in [3.8, 4) is 5.75 Å². The lowest BCUT2D eigenvalue weighted by molar-refractivity contribution is -0.163. The van der Waals surface area contributed by atoms with E-state index in [-0.39, 0.29) is 23.6 Å². The summed E-state index contributed by atoms with van der Waals surface area (Å²) in [7, 11) is 1.51. The number of fused-ring (bicyclic) bond motifs is 3. The van der Waals surface area contributed by atoms with Gasteiger partial charge >= 0.3 is 12.0 Å². The molecule has 2 heterocycles. The van der Waals surface area contributed by atoms with E-state index in [1.54, 1.807) is 31.2 Å². The van der Waals surface area contributed by atoms with Gasteiger partial charge in [-0.1, -0.05) is 18.6 Å². The fourth-order valence-corrected chi connectivity index (χ4v) is 5.10. The largest absolute Gasteiger partial charge is 0.495 e. The first-order valence-corrected chi connectivity index (χ1v) is 10.0. The van der Waals surface area contributed by atoms with Gasteiger partial charge in [-0.2, -0.15) is 0 Å². The highest BCUT2D eigenvalue weighted by Crippen LogP contribution is 2.52. The predicted octanol–water partition coefficient (Wildman–Crippen LogP) is 1.55. The van der Waals surface area contributed by atoms with Crippen LogP contribution in [0, 0.1) is 11.8 Å². The van der Waals surface area contributed by atoms with Crippen LogP contribution in [-0.4, -0.2) is 58.3 Å². The standard InChI is InChI=1S/C21H25N3O6/c1-10(25)15-17-11-6-5-8-13(16(11)18(20(27)28)24(17)19(15)26)23-21(29)22-12-7-3-4-9-14(12)30-2/h3-4,7,9-11,13,15,17,25H,5-6,8H2,1-2H3,(H,27,28)(H2,22,23,29)/t10?,11-,13-,15+,17+/m0/s1. The molecular formula is C21H25N3O6. The predicted molar refractivity (Wildman–Crippen MR) is 107 cm³/mol. The van der Waals surface area contributed by atoms with Gasteiger partial charge in [-0.15, -0.1) is 0 Å². The maximum atomic E-state index is 12.7. The molecule has 4 N–H and O–H groups in total. The smallest absolute Gasteiger partial charge is 0.352 e. The lowest BCUT2D eigenvalue weighted by atomic mass is 9.71. The number of para-hydroxylation sites is 2. The van der Waals surface area contributed by atoms with E-state index in [4.69, 9.17) is 4.74 Å². The number of urea groups is 1. The van der Waals surface area contributed by atoms with E-state index in [0.29, 0.717) is 23.4 Å². The summed E-state index contributed by atoms with van der Waals surface area (Å²) in [5.74, 6) is -1.84. The molecule has 0 radical (unpaired) electrons. The molecule has 1 saturated carbocycles. The van der Waals surface area contributed by atoms with Crippen molar-refractivity contribution in [1.29, 1.82) is 0 Å². The van der Waals surface area contributed by atoms with Gasteiger partial charge in [-0.25, -0.2) is 9.59 Å². The number of carboxylic acids is 1. The van der Waals surface area contributed by atoms with Crippen molar-refractivity contribution < 1.29 is 29.3 Å². The molecule has 1 aromatic rings. The highest BCUT2D eigenvalue weighted by atomic mass is 16.5. The molecule has 3 amide bonds. The summed E-state index contributed by atoms with van der Waals surface area (Å²) in [6, 6.07) is 5.64. The summed E-state index contributed by atoms with van der Waals surface area (Å²) < 4.78 is 5.24. The number of hydrogen-bond acceptors (Lipinski definition) is 5. The third-order valence-electron chi connectivity index (χ3n) is 6.28. The molecule has 9 nitrogen and oxygen atoms in total.